The minimum Gasteiger partial charge on any atom is -0.303 e. The number of aldehydes is 4. The van der Waals surface area contributed by atoms with Gasteiger partial charge in [0.25, 0.3) is 0 Å². The quantitative estimate of drug-likeness (QED) is 0.0546. The van der Waals surface area contributed by atoms with Crippen molar-refractivity contribution in [2.24, 2.45) is 0 Å². The van der Waals surface area contributed by atoms with Gasteiger partial charge >= 0.3 is 0 Å². The number of hydrogen-bond donors (Lipinski definition) is 8. The van der Waals surface area contributed by atoms with E-state index >= 15 is 0 Å². The molecule has 0 aliphatic carbocycles. The second kappa shape index (κ2) is 36.0. The van der Waals surface area contributed by atoms with Crippen molar-refractivity contribution in [1.29, 1.82) is 0 Å². The zero-order valence-electron chi connectivity index (χ0n) is 19.8. The number of rotatable bonds is 16. The van der Waals surface area contributed by atoms with E-state index in [1.54, 1.807) is 0 Å². The first-order valence-electron chi connectivity index (χ1n) is 10.7. The van der Waals surface area contributed by atoms with Gasteiger partial charge in [-0.3, -0.25) is 40.0 Å². The molecule has 0 spiro atoms. The second-order valence-electron chi connectivity index (χ2n) is 6.38. The minimum atomic E-state index is -0.447. The third kappa shape index (κ3) is 44.1. The van der Waals surface area contributed by atoms with E-state index in [0.717, 1.165) is 25.1 Å². The van der Waals surface area contributed by atoms with Crippen LogP contribution < -0.4 is 21.9 Å². The normalized spacial score (nSPS) is 8.56. The molecule has 16 heteroatoms. The fourth-order valence-electron chi connectivity index (χ4n) is 1.61. The molecule has 0 bridgehead atoms. The molecule has 0 heterocycles. The molecule has 208 valence electrons. The van der Waals surface area contributed by atoms with E-state index in [2.05, 4.69) is 0 Å². The first-order valence-corrected chi connectivity index (χ1v) is 10.7. The van der Waals surface area contributed by atoms with E-state index in [0.29, 0.717) is 51.4 Å². The molecule has 0 aromatic heterocycles. The van der Waals surface area contributed by atoms with Crippen molar-refractivity contribution in [3.05, 3.63) is 0 Å². The molecule has 0 atom stereocenters. The van der Waals surface area contributed by atoms with Crippen molar-refractivity contribution in [3.63, 3.8) is 0 Å². The highest BCUT2D eigenvalue weighted by Gasteiger charge is 1.97. The molecule has 0 saturated carbocycles. The molecule has 36 heavy (non-hydrogen) atoms. The molecule has 0 radical (unpaired) electrons. The largest absolute Gasteiger partial charge is 0.303 e. The maximum absolute atomic E-state index is 10.2. The lowest BCUT2D eigenvalue weighted by Crippen LogP contribution is -2.17. The first-order chi connectivity index (χ1) is 17.2. The summed E-state index contributed by atoms with van der Waals surface area (Å²) in [6.45, 7) is 0. The van der Waals surface area contributed by atoms with Gasteiger partial charge in [0.15, 0.2) is 0 Å². The summed E-state index contributed by atoms with van der Waals surface area (Å²) in [4.78, 5) is 79.6. The highest BCUT2D eigenvalue weighted by atomic mass is 16.5. The van der Waals surface area contributed by atoms with Gasteiger partial charge < -0.3 is 19.2 Å². The van der Waals surface area contributed by atoms with E-state index in [1.165, 1.54) is 21.9 Å². The number of hydroxylamine groups is 4. The monoisotopic (exact) mass is 524 g/mol. The van der Waals surface area contributed by atoms with Crippen molar-refractivity contribution in [1.82, 2.24) is 21.9 Å². The average Bonchev–Trinajstić information content (AvgIpc) is 2.89. The van der Waals surface area contributed by atoms with Crippen molar-refractivity contribution in [2.45, 2.75) is 77.0 Å². The van der Waals surface area contributed by atoms with Gasteiger partial charge in [-0.15, -0.1) is 0 Å². The fourth-order valence-corrected chi connectivity index (χ4v) is 1.61. The Labute approximate surface area is 207 Å². The van der Waals surface area contributed by atoms with Crippen LogP contribution in [-0.4, -0.2) is 69.6 Å². The van der Waals surface area contributed by atoms with E-state index in [4.69, 9.17) is 20.8 Å². The summed E-state index contributed by atoms with van der Waals surface area (Å²) in [5, 5.41) is 31.8. The maximum Gasteiger partial charge on any atom is 0.243 e. The topological polar surface area (TPSA) is 266 Å². The van der Waals surface area contributed by atoms with Crippen LogP contribution in [0.1, 0.15) is 77.0 Å². The average molecular weight is 525 g/mol. The van der Waals surface area contributed by atoms with Crippen molar-refractivity contribution >= 4 is 48.8 Å². The predicted octanol–water partition coefficient (Wildman–Crippen LogP) is -0.556. The molecule has 0 saturated heterocycles. The van der Waals surface area contributed by atoms with Crippen LogP contribution in [0.3, 0.4) is 0 Å². The molecule has 0 fully saturated rings. The highest BCUT2D eigenvalue weighted by molar-refractivity contribution is 5.75. The van der Waals surface area contributed by atoms with E-state index in [1.807, 2.05) is 0 Å². The molecule has 0 rings (SSSR count). The number of carbonyl (C=O) groups is 8. The summed E-state index contributed by atoms with van der Waals surface area (Å²) in [6, 6.07) is 0. The van der Waals surface area contributed by atoms with Crippen molar-refractivity contribution in [2.75, 3.05) is 0 Å². The summed E-state index contributed by atoms with van der Waals surface area (Å²) >= 11 is 0. The van der Waals surface area contributed by atoms with Crippen LogP contribution in [0.2, 0.25) is 0 Å². The number of nitrogens with one attached hydrogen (secondary N) is 4. The van der Waals surface area contributed by atoms with Gasteiger partial charge in [0.05, 0.1) is 0 Å². The van der Waals surface area contributed by atoms with Crippen LogP contribution in [0.4, 0.5) is 0 Å². The molecule has 4 amide bonds. The number of carbonyl (C=O) groups excluding carboxylic acids is 8. The zero-order chi connectivity index (χ0) is 28.5. The molecular weight excluding hydrogens is 488 g/mol. The highest BCUT2D eigenvalue weighted by Crippen LogP contribution is 1.92. The van der Waals surface area contributed by atoms with Crippen LogP contribution in [0.25, 0.3) is 0 Å². The van der Waals surface area contributed by atoms with E-state index in [-0.39, 0.29) is 25.7 Å². The van der Waals surface area contributed by atoms with Gasteiger partial charge in [0.2, 0.25) is 23.6 Å². The Hall–Kier alpha value is -3.60. The molecule has 8 N–H and O–H groups in total. The smallest absolute Gasteiger partial charge is 0.243 e. The molecule has 0 unspecified atom stereocenters. The van der Waals surface area contributed by atoms with Crippen LogP contribution in [0.5, 0.6) is 0 Å². The first kappa shape index (κ1) is 39.6. The number of amides is 4. The van der Waals surface area contributed by atoms with Gasteiger partial charge in [-0.05, 0) is 25.7 Å². The lowest BCUT2D eigenvalue weighted by molar-refractivity contribution is -0.130. The predicted molar refractivity (Wildman–Crippen MR) is 119 cm³/mol. The summed E-state index contributed by atoms with van der Waals surface area (Å²) in [5.74, 6) is -1.79. The van der Waals surface area contributed by atoms with Crippen LogP contribution >= 0.6 is 0 Å². The zero-order valence-corrected chi connectivity index (χ0v) is 19.8. The molecule has 0 aliphatic rings. The molecule has 0 aliphatic heterocycles. The molecule has 0 aromatic carbocycles. The van der Waals surface area contributed by atoms with E-state index < -0.39 is 23.6 Å². The summed E-state index contributed by atoms with van der Waals surface area (Å²) < 4.78 is 0. The van der Waals surface area contributed by atoms with Gasteiger partial charge in [-0.25, -0.2) is 21.9 Å². The Morgan fingerprint density at radius 3 is 0.694 bits per heavy atom. The van der Waals surface area contributed by atoms with Crippen molar-refractivity contribution < 1.29 is 59.2 Å². The third-order valence-electron chi connectivity index (χ3n) is 3.40. The lowest BCUT2D eigenvalue weighted by Gasteiger charge is -1.92. The standard InChI is InChI=1S/4C5H9NO3/c4*7-4-2-1-3-5(8)6-9/h4*4,9H,1-3H2,(H,6,8). The SMILES string of the molecule is O=CCCCC(=O)NO.O=CCCCC(=O)NO.O=CCCCC(=O)NO.O=CCCCC(=O)NO. The third-order valence-corrected chi connectivity index (χ3v) is 3.40. The van der Waals surface area contributed by atoms with Crippen molar-refractivity contribution in [3.8, 4) is 0 Å². The lowest BCUT2D eigenvalue weighted by atomic mass is 10.2. The molecular formula is C20H36N4O12. The Morgan fingerprint density at radius 2 is 0.583 bits per heavy atom. The maximum atomic E-state index is 10.2. The minimum absolute atomic E-state index is 0.204. The molecule has 16 nitrogen and oxygen atoms in total. The van der Waals surface area contributed by atoms with E-state index in [9.17, 15) is 38.4 Å². The van der Waals surface area contributed by atoms with Gasteiger partial charge in [0.1, 0.15) is 25.1 Å². The Kier molecular flexibility index (Phi) is 39.6. The Morgan fingerprint density at radius 1 is 0.417 bits per heavy atom. The molecule has 0 aromatic rings. The summed E-state index contributed by atoms with van der Waals surface area (Å²) in [7, 11) is 0. The summed E-state index contributed by atoms with van der Waals surface area (Å²) in [6.07, 6.45) is 7.23. The Balaban J connectivity index is -0.000000190. The summed E-state index contributed by atoms with van der Waals surface area (Å²) in [5.41, 5.74) is 5.88. The Bertz CT molecular complexity index is 514. The van der Waals surface area contributed by atoms with Crippen LogP contribution in [0.15, 0.2) is 0 Å². The number of hydrogen-bond acceptors (Lipinski definition) is 12. The fraction of sp³-hybridized carbons (Fsp3) is 0.600. The second-order valence-corrected chi connectivity index (χ2v) is 6.38. The van der Waals surface area contributed by atoms with Gasteiger partial charge in [0, 0.05) is 51.4 Å². The van der Waals surface area contributed by atoms with Crippen LogP contribution in [-0.2, 0) is 38.4 Å². The van der Waals surface area contributed by atoms with Gasteiger partial charge in [-0.1, -0.05) is 0 Å². The van der Waals surface area contributed by atoms with Crippen LogP contribution in [0, 0.1) is 0 Å². The number of unbranched alkanes of at least 4 members (excludes halogenated alkanes) is 4. The van der Waals surface area contributed by atoms with Gasteiger partial charge in [-0.2, -0.15) is 0 Å².